The summed E-state index contributed by atoms with van der Waals surface area (Å²) in [5, 5.41) is 0. The highest BCUT2D eigenvalue weighted by atomic mass is 79.9. The van der Waals surface area contributed by atoms with Crippen molar-refractivity contribution < 1.29 is 23.8 Å². The second-order valence-corrected chi connectivity index (χ2v) is 7.51. The van der Waals surface area contributed by atoms with Crippen molar-refractivity contribution in [3.05, 3.63) is 93.7 Å². The Morgan fingerprint density at radius 2 is 1.83 bits per heavy atom. The Morgan fingerprint density at radius 1 is 1.03 bits per heavy atom. The average molecular weight is 465 g/mol. The largest absolute Gasteiger partial charge is 0.497 e. The van der Waals surface area contributed by atoms with Gasteiger partial charge in [0.05, 0.1) is 12.7 Å². The van der Waals surface area contributed by atoms with Crippen LogP contribution in [-0.2, 0) is 0 Å². The van der Waals surface area contributed by atoms with Gasteiger partial charge in [-0.15, -0.1) is 0 Å². The second kappa shape index (κ2) is 8.55. The fourth-order valence-electron chi connectivity index (χ4n) is 3.01. The smallest absolute Gasteiger partial charge is 0.231 e. The van der Waals surface area contributed by atoms with E-state index in [9.17, 15) is 9.59 Å². The first-order valence-electron chi connectivity index (χ1n) is 9.17. The van der Waals surface area contributed by atoms with Gasteiger partial charge >= 0.3 is 0 Å². The van der Waals surface area contributed by atoms with Crippen LogP contribution in [0.25, 0.3) is 6.08 Å². The number of methoxy groups -OCH3 is 1. The summed E-state index contributed by atoms with van der Waals surface area (Å²) in [5.41, 5.74) is 1.81. The van der Waals surface area contributed by atoms with Crippen LogP contribution in [0.5, 0.6) is 17.2 Å². The van der Waals surface area contributed by atoms with Crippen LogP contribution in [0.15, 0.2) is 77.0 Å². The van der Waals surface area contributed by atoms with Crippen molar-refractivity contribution in [2.75, 3.05) is 13.7 Å². The Kier molecular flexibility index (Phi) is 5.68. The molecule has 0 amide bonds. The van der Waals surface area contributed by atoms with Gasteiger partial charge in [0.2, 0.25) is 5.78 Å². The fourth-order valence-corrected chi connectivity index (χ4v) is 3.27. The number of allylic oxidation sites excluding steroid dienone is 1. The molecule has 0 saturated heterocycles. The molecule has 0 atom stereocenters. The molecule has 0 saturated carbocycles. The Morgan fingerprint density at radius 3 is 2.60 bits per heavy atom. The van der Waals surface area contributed by atoms with Crippen LogP contribution in [-0.4, -0.2) is 25.3 Å². The molecule has 6 heteroatoms. The van der Waals surface area contributed by atoms with Crippen molar-refractivity contribution >= 4 is 33.6 Å². The van der Waals surface area contributed by atoms with Gasteiger partial charge in [0.15, 0.2) is 18.1 Å². The predicted molar refractivity (Wildman–Crippen MR) is 116 cm³/mol. The van der Waals surface area contributed by atoms with Gasteiger partial charge in [-0.3, -0.25) is 9.59 Å². The number of halogens is 1. The number of carbonyl (C=O) groups excluding carboxylic acids is 2. The maximum absolute atomic E-state index is 12.6. The number of fused-ring (bicyclic) bond motifs is 1. The molecule has 0 aromatic heterocycles. The molecule has 5 nitrogen and oxygen atoms in total. The summed E-state index contributed by atoms with van der Waals surface area (Å²) in [5.74, 6) is 1.43. The average Bonchev–Trinajstić information content (AvgIpc) is 3.07. The molecule has 0 bridgehead atoms. The fraction of sp³-hybridized carbons (Fsp3) is 0.0833. The molecule has 0 fully saturated rings. The molecule has 150 valence electrons. The van der Waals surface area contributed by atoms with E-state index in [2.05, 4.69) is 15.9 Å². The van der Waals surface area contributed by atoms with Gasteiger partial charge in [-0.25, -0.2) is 0 Å². The van der Waals surface area contributed by atoms with E-state index in [1.54, 1.807) is 55.7 Å². The monoisotopic (exact) mass is 464 g/mol. The number of ether oxygens (including phenoxy) is 3. The minimum absolute atomic E-state index is 0.110. The highest BCUT2D eigenvalue weighted by Crippen LogP contribution is 2.35. The molecule has 3 aromatic carbocycles. The number of carbonyl (C=O) groups is 2. The Labute approximate surface area is 182 Å². The molecular weight excluding hydrogens is 448 g/mol. The number of ketones is 2. The summed E-state index contributed by atoms with van der Waals surface area (Å²) >= 11 is 3.34. The third-order valence-electron chi connectivity index (χ3n) is 4.57. The summed E-state index contributed by atoms with van der Waals surface area (Å²) in [6.07, 6.45) is 1.67. The zero-order valence-electron chi connectivity index (χ0n) is 16.1. The minimum Gasteiger partial charge on any atom is -0.497 e. The third-order valence-corrected chi connectivity index (χ3v) is 5.10. The Hall–Kier alpha value is -3.38. The van der Waals surface area contributed by atoms with Crippen molar-refractivity contribution in [1.29, 1.82) is 0 Å². The molecule has 0 aliphatic carbocycles. The van der Waals surface area contributed by atoms with E-state index in [1.165, 1.54) is 0 Å². The van der Waals surface area contributed by atoms with Crippen molar-refractivity contribution in [3.63, 3.8) is 0 Å². The summed E-state index contributed by atoms with van der Waals surface area (Å²) < 4.78 is 17.5. The van der Waals surface area contributed by atoms with Gasteiger partial charge in [0, 0.05) is 16.1 Å². The first-order valence-corrected chi connectivity index (χ1v) is 9.97. The van der Waals surface area contributed by atoms with E-state index in [0.717, 1.165) is 10.0 Å². The number of hydrogen-bond donors (Lipinski definition) is 0. The lowest BCUT2D eigenvalue weighted by Gasteiger charge is -2.07. The highest BCUT2D eigenvalue weighted by molar-refractivity contribution is 9.10. The highest BCUT2D eigenvalue weighted by Gasteiger charge is 2.27. The second-order valence-electron chi connectivity index (χ2n) is 6.59. The first-order chi connectivity index (χ1) is 14.5. The van der Waals surface area contributed by atoms with Crippen molar-refractivity contribution in [1.82, 2.24) is 0 Å². The number of rotatable bonds is 6. The quantitative estimate of drug-likeness (QED) is 0.364. The lowest BCUT2D eigenvalue weighted by molar-refractivity contribution is 0.0921. The Bertz CT molecular complexity index is 1150. The lowest BCUT2D eigenvalue weighted by atomic mass is 10.1. The Balaban J connectivity index is 1.47. The number of hydrogen-bond acceptors (Lipinski definition) is 5. The standard InChI is InChI=1S/C24H17BrO5/c1-28-18-4-2-3-15(11-18)12-23-24(27)20-10-9-19(13-22(20)30-23)29-14-21(26)16-5-7-17(25)8-6-16/h2-13H,14H2,1H3/b23-12-. The van der Waals surface area contributed by atoms with Crippen LogP contribution in [0.3, 0.4) is 0 Å². The van der Waals surface area contributed by atoms with Crippen LogP contribution in [0.1, 0.15) is 26.3 Å². The van der Waals surface area contributed by atoms with E-state index < -0.39 is 0 Å². The topological polar surface area (TPSA) is 61.8 Å². The first kappa shape index (κ1) is 19.9. The third kappa shape index (κ3) is 4.28. The summed E-state index contributed by atoms with van der Waals surface area (Å²) in [6.45, 7) is -0.110. The zero-order valence-corrected chi connectivity index (χ0v) is 17.6. The van der Waals surface area contributed by atoms with Crippen molar-refractivity contribution in [2.24, 2.45) is 0 Å². The van der Waals surface area contributed by atoms with Gasteiger partial charge in [-0.2, -0.15) is 0 Å². The van der Waals surface area contributed by atoms with E-state index in [4.69, 9.17) is 14.2 Å². The molecule has 4 rings (SSSR count). The molecule has 30 heavy (non-hydrogen) atoms. The molecule has 1 aliphatic rings. The SMILES string of the molecule is COc1cccc(/C=C2\Oc3cc(OCC(=O)c4ccc(Br)cc4)ccc3C2=O)c1. The van der Waals surface area contributed by atoms with Crippen LogP contribution in [0.2, 0.25) is 0 Å². The van der Waals surface area contributed by atoms with Crippen LogP contribution < -0.4 is 14.2 Å². The molecule has 0 spiro atoms. The maximum atomic E-state index is 12.6. The summed E-state index contributed by atoms with van der Waals surface area (Å²) in [6, 6.07) is 19.3. The van der Waals surface area contributed by atoms with Gasteiger partial charge in [-0.1, -0.05) is 40.2 Å². The van der Waals surface area contributed by atoms with Crippen LogP contribution >= 0.6 is 15.9 Å². The number of Topliss-reactive ketones (excluding diaryl/α,β-unsaturated/α-hetero) is 2. The molecule has 0 radical (unpaired) electrons. The van der Waals surface area contributed by atoms with Crippen molar-refractivity contribution in [3.8, 4) is 17.2 Å². The van der Waals surface area contributed by atoms with E-state index in [-0.39, 0.29) is 23.9 Å². The maximum Gasteiger partial charge on any atom is 0.231 e. The number of benzene rings is 3. The molecule has 3 aromatic rings. The molecule has 0 N–H and O–H groups in total. The molecule has 1 aliphatic heterocycles. The normalized spacial score (nSPS) is 13.7. The molecule has 0 unspecified atom stereocenters. The van der Waals surface area contributed by atoms with Crippen molar-refractivity contribution in [2.45, 2.75) is 0 Å². The predicted octanol–water partition coefficient (Wildman–Crippen LogP) is 5.34. The molecule has 1 heterocycles. The lowest BCUT2D eigenvalue weighted by Crippen LogP contribution is -2.11. The van der Waals surface area contributed by atoms with Gasteiger partial charge < -0.3 is 14.2 Å². The minimum atomic E-state index is -0.203. The van der Waals surface area contributed by atoms with Crippen LogP contribution in [0, 0.1) is 0 Å². The molecular formula is C24H17BrO5. The van der Waals surface area contributed by atoms with Gasteiger partial charge in [-0.05, 0) is 48.0 Å². The van der Waals surface area contributed by atoms with E-state index in [0.29, 0.717) is 28.4 Å². The van der Waals surface area contributed by atoms with E-state index >= 15 is 0 Å². The summed E-state index contributed by atoms with van der Waals surface area (Å²) in [7, 11) is 1.59. The van der Waals surface area contributed by atoms with Crippen LogP contribution in [0.4, 0.5) is 0 Å². The summed E-state index contributed by atoms with van der Waals surface area (Å²) in [4.78, 5) is 24.9. The van der Waals surface area contributed by atoms with Gasteiger partial charge in [0.1, 0.15) is 17.2 Å². The van der Waals surface area contributed by atoms with Gasteiger partial charge in [0.25, 0.3) is 0 Å². The zero-order chi connectivity index (χ0) is 21.1. The van der Waals surface area contributed by atoms with E-state index in [1.807, 2.05) is 24.3 Å².